The maximum atomic E-state index is 14.0. The Hall–Kier alpha value is -3.58. The number of benzene rings is 3. The number of thiocarbonyl (C=S) groups is 1. The van der Waals surface area contributed by atoms with Gasteiger partial charge < -0.3 is 20.1 Å². The van der Waals surface area contributed by atoms with Crippen molar-refractivity contribution < 1.29 is 14.3 Å². The Kier molecular flexibility index (Phi) is 5.68. The second-order valence-electron chi connectivity index (χ2n) is 9.42. The molecule has 2 heterocycles. The van der Waals surface area contributed by atoms with Crippen LogP contribution in [-0.4, -0.2) is 23.9 Å². The van der Waals surface area contributed by atoms with E-state index in [0.29, 0.717) is 16.6 Å². The average molecular weight is 488 g/mol. The molecule has 3 aromatic rings. The smallest absolute Gasteiger partial charge is 0.236 e. The van der Waals surface area contributed by atoms with E-state index in [0.717, 1.165) is 33.6 Å². The fourth-order valence-electron chi connectivity index (χ4n) is 5.25. The van der Waals surface area contributed by atoms with Gasteiger partial charge in [0.05, 0.1) is 13.2 Å². The standard InChI is InChI=1S/C28H29N3O3S/c1-16-8-6-9-19(15-16)31-27(35)30-24-20-10-7-11-22(33-5)25(20)34-28(31,4)23(24)26(32)29-21-13-12-17(2)14-18(21)3/h6-15,23-24H,1-5H3,(H,29,32)(H,30,35)/t23-,24+,28+/m0/s1. The molecular formula is C28H29N3O3S. The lowest BCUT2D eigenvalue weighted by molar-refractivity contribution is -0.130. The molecule has 2 N–H and O–H groups in total. The summed E-state index contributed by atoms with van der Waals surface area (Å²) >= 11 is 5.85. The van der Waals surface area contributed by atoms with Crippen molar-refractivity contribution in [1.29, 1.82) is 0 Å². The van der Waals surface area contributed by atoms with Crippen LogP contribution in [0.3, 0.4) is 0 Å². The number of ether oxygens (including phenoxy) is 2. The number of fused-ring (bicyclic) bond motifs is 4. The van der Waals surface area contributed by atoms with Crippen LogP contribution in [0.1, 0.15) is 35.2 Å². The molecule has 2 bridgehead atoms. The number of amides is 1. The Morgan fingerprint density at radius 2 is 1.83 bits per heavy atom. The zero-order valence-corrected chi connectivity index (χ0v) is 21.3. The van der Waals surface area contributed by atoms with Crippen LogP contribution in [0.15, 0.2) is 60.7 Å². The molecule has 2 aliphatic heterocycles. The Labute approximate surface area is 211 Å². The summed E-state index contributed by atoms with van der Waals surface area (Å²) < 4.78 is 12.3. The topological polar surface area (TPSA) is 62.8 Å². The van der Waals surface area contributed by atoms with Gasteiger partial charge in [-0.1, -0.05) is 42.0 Å². The molecule has 0 spiro atoms. The van der Waals surface area contributed by atoms with Gasteiger partial charge in [-0.25, -0.2) is 0 Å². The average Bonchev–Trinajstić information content (AvgIpc) is 2.80. The van der Waals surface area contributed by atoms with Gasteiger partial charge in [0, 0.05) is 16.9 Å². The van der Waals surface area contributed by atoms with Crippen molar-refractivity contribution >= 4 is 34.6 Å². The Bertz CT molecular complexity index is 1340. The number of anilines is 2. The SMILES string of the molecule is COc1cccc2c1O[C@]1(C)[C@H](C(=O)Nc3ccc(C)cc3C)[C@@H]2NC(=S)N1c1cccc(C)c1. The first-order valence-corrected chi connectivity index (χ1v) is 12.0. The molecule has 1 saturated heterocycles. The lowest BCUT2D eigenvalue weighted by atomic mass is 9.78. The quantitative estimate of drug-likeness (QED) is 0.479. The van der Waals surface area contributed by atoms with Gasteiger partial charge in [-0.05, 0) is 75.3 Å². The van der Waals surface area contributed by atoms with Crippen LogP contribution in [0.2, 0.25) is 0 Å². The van der Waals surface area contributed by atoms with Gasteiger partial charge in [-0.3, -0.25) is 9.69 Å². The molecule has 7 heteroatoms. The summed E-state index contributed by atoms with van der Waals surface area (Å²) in [5.41, 5.74) is 4.60. The number of carbonyl (C=O) groups is 1. The van der Waals surface area contributed by atoms with Crippen LogP contribution >= 0.6 is 12.2 Å². The number of hydrogen-bond acceptors (Lipinski definition) is 4. The Balaban J connectivity index is 1.65. The number of nitrogens with zero attached hydrogens (tertiary/aromatic N) is 1. The largest absolute Gasteiger partial charge is 0.493 e. The minimum Gasteiger partial charge on any atom is -0.493 e. The van der Waals surface area contributed by atoms with Crippen molar-refractivity contribution in [3.63, 3.8) is 0 Å². The van der Waals surface area contributed by atoms with Crippen molar-refractivity contribution in [2.75, 3.05) is 17.3 Å². The molecule has 1 fully saturated rings. The van der Waals surface area contributed by atoms with Crippen LogP contribution in [0, 0.1) is 26.7 Å². The monoisotopic (exact) mass is 487 g/mol. The van der Waals surface area contributed by atoms with Gasteiger partial charge in [0.15, 0.2) is 22.3 Å². The lowest BCUT2D eigenvalue weighted by Gasteiger charge is -2.56. The van der Waals surface area contributed by atoms with E-state index < -0.39 is 17.7 Å². The van der Waals surface area contributed by atoms with Crippen molar-refractivity contribution in [2.24, 2.45) is 5.92 Å². The summed E-state index contributed by atoms with van der Waals surface area (Å²) in [5, 5.41) is 7.12. The molecule has 6 nitrogen and oxygen atoms in total. The maximum Gasteiger partial charge on any atom is 0.236 e. The number of carbonyl (C=O) groups excluding carboxylic acids is 1. The molecule has 0 aromatic heterocycles. The van der Waals surface area contributed by atoms with Crippen LogP contribution in [0.4, 0.5) is 11.4 Å². The first-order valence-electron chi connectivity index (χ1n) is 11.6. The van der Waals surface area contributed by atoms with Gasteiger partial charge in [0.1, 0.15) is 5.92 Å². The molecule has 0 radical (unpaired) electrons. The zero-order valence-electron chi connectivity index (χ0n) is 20.5. The minimum absolute atomic E-state index is 0.148. The molecule has 0 saturated carbocycles. The highest BCUT2D eigenvalue weighted by Crippen LogP contribution is 2.52. The first-order chi connectivity index (χ1) is 16.7. The Morgan fingerprint density at radius 1 is 1.09 bits per heavy atom. The zero-order chi connectivity index (χ0) is 24.9. The summed E-state index contributed by atoms with van der Waals surface area (Å²) in [7, 11) is 1.62. The van der Waals surface area contributed by atoms with E-state index in [9.17, 15) is 4.79 Å². The normalized spacial score (nSPS) is 22.5. The third-order valence-electron chi connectivity index (χ3n) is 6.89. The van der Waals surface area contributed by atoms with Crippen LogP contribution in [0.5, 0.6) is 11.5 Å². The second-order valence-corrected chi connectivity index (χ2v) is 9.81. The third kappa shape index (κ3) is 3.80. The van der Waals surface area contributed by atoms with Crippen molar-refractivity contribution in [1.82, 2.24) is 5.32 Å². The highest BCUT2D eigenvalue weighted by Gasteiger charge is 2.59. The van der Waals surface area contributed by atoms with E-state index in [4.69, 9.17) is 21.7 Å². The van der Waals surface area contributed by atoms with Gasteiger partial charge in [0.2, 0.25) is 5.91 Å². The molecule has 1 amide bonds. The molecule has 0 aliphatic carbocycles. The van der Waals surface area contributed by atoms with E-state index in [-0.39, 0.29) is 5.91 Å². The highest BCUT2D eigenvalue weighted by atomic mass is 32.1. The van der Waals surface area contributed by atoms with Crippen molar-refractivity contribution in [3.05, 3.63) is 82.9 Å². The van der Waals surface area contributed by atoms with Crippen molar-refractivity contribution in [3.8, 4) is 11.5 Å². The number of aryl methyl sites for hydroxylation is 3. The fourth-order valence-corrected chi connectivity index (χ4v) is 5.66. The molecule has 2 aliphatic rings. The summed E-state index contributed by atoms with van der Waals surface area (Å²) in [4.78, 5) is 15.9. The van der Waals surface area contributed by atoms with Gasteiger partial charge in [-0.15, -0.1) is 0 Å². The van der Waals surface area contributed by atoms with Gasteiger partial charge in [0.25, 0.3) is 0 Å². The number of rotatable bonds is 4. The number of para-hydroxylation sites is 1. The maximum absolute atomic E-state index is 14.0. The molecule has 5 rings (SSSR count). The van der Waals surface area contributed by atoms with E-state index in [2.05, 4.69) is 16.7 Å². The summed E-state index contributed by atoms with van der Waals surface area (Å²) in [6.07, 6.45) is 0. The molecule has 3 aromatic carbocycles. The van der Waals surface area contributed by atoms with Crippen LogP contribution in [-0.2, 0) is 4.79 Å². The molecule has 180 valence electrons. The molecule has 35 heavy (non-hydrogen) atoms. The molecule has 3 atom stereocenters. The van der Waals surface area contributed by atoms with E-state index >= 15 is 0 Å². The third-order valence-corrected chi connectivity index (χ3v) is 7.19. The number of hydrogen-bond donors (Lipinski definition) is 2. The van der Waals surface area contributed by atoms with Crippen LogP contribution < -0.4 is 25.0 Å². The second kappa shape index (κ2) is 8.57. The predicted octanol–water partition coefficient (Wildman–Crippen LogP) is 5.42. The highest BCUT2D eigenvalue weighted by molar-refractivity contribution is 7.80. The van der Waals surface area contributed by atoms with Crippen LogP contribution in [0.25, 0.3) is 0 Å². The summed E-state index contributed by atoms with van der Waals surface area (Å²) in [6.45, 7) is 7.99. The van der Waals surface area contributed by atoms with Crippen molar-refractivity contribution in [2.45, 2.75) is 39.5 Å². The van der Waals surface area contributed by atoms with Gasteiger partial charge >= 0.3 is 0 Å². The lowest BCUT2D eigenvalue weighted by Crippen LogP contribution is -2.72. The summed E-state index contributed by atoms with van der Waals surface area (Å²) in [6, 6.07) is 19.4. The Morgan fingerprint density at radius 3 is 2.54 bits per heavy atom. The number of methoxy groups -OCH3 is 1. The molecular weight excluding hydrogens is 458 g/mol. The number of nitrogens with one attached hydrogen (secondary N) is 2. The van der Waals surface area contributed by atoms with E-state index in [1.807, 2.05) is 87.2 Å². The van der Waals surface area contributed by atoms with E-state index in [1.165, 1.54) is 0 Å². The van der Waals surface area contributed by atoms with E-state index in [1.54, 1.807) is 7.11 Å². The first kappa shape index (κ1) is 23.2. The van der Waals surface area contributed by atoms with Gasteiger partial charge in [-0.2, -0.15) is 0 Å². The summed E-state index contributed by atoms with van der Waals surface area (Å²) in [5.74, 6) is 0.470. The fraction of sp³-hybridized carbons (Fsp3) is 0.286. The molecule has 0 unspecified atom stereocenters. The minimum atomic E-state index is -1.11. The predicted molar refractivity (Wildman–Crippen MR) is 142 cm³/mol.